The molecule has 0 saturated carbocycles. The molecule has 22 heavy (non-hydrogen) atoms. The van der Waals surface area contributed by atoms with Crippen LogP contribution in [-0.2, 0) is 16.8 Å². The molecule has 0 amide bonds. The lowest BCUT2D eigenvalue weighted by molar-refractivity contribution is 0.565. The molecule has 6 nitrogen and oxygen atoms in total. The first-order valence-corrected chi connectivity index (χ1v) is 8.68. The maximum atomic E-state index is 12.0. The predicted octanol–water partition coefficient (Wildman–Crippen LogP) is 1.48. The van der Waals surface area contributed by atoms with E-state index in [2.05, 4.69) is 14.4 Å². The van der Waals surface area contributed by atoms with Crippen molar-refractivity contribution < 1.29 is 8.42 Å². The van der Waals surface area contributed by atoms with Crippen molar-refractivity contribution in [3.05, 3.63) is 45.2 Å². The molecule has 0 unspecified atom stereocenters. The second-order valence-electron chi connectivity index (χ2n) is 5.37. The molecule has 0 spiro atoms. The Balaban J connectivity index is 2.27. The smallest absolute Gasteiger partial charge is 0.277 e. The Morgan fingerprint density at radius 1 is 1.09 bits per heavy atom. The van der Waals surface area contributed by atoms with Crippen molar-refractivity contribution in [3.63, 3.8) is 0 Å². The van der Waals surface area contributed by atoms with Crippen LogP contribution >= 0.6 is 0 Å². The molecule has 1 aromatic carbocycles. The van der Waals surface area contributed by atoms with Gasteiger partial charge in [-0.05, 0) is 55.0 Å². The number of aromatic amines is 1. The van der Waals surface area contributed by atoms with E-state index in [1.54, 1.807) is 6.07 Å². The zero-order valence-corrected chi connectivity index (χ0v) is 13.8. The fraction of sp³-hybridized carbons (Fsp3) is 0.400. The van der Waals surface area contributed by atoms with Crippen molar-refractivity contribution in [3.8, 4) is 0 Å². The fourth-order valence-electron chi connectivity index (χ4n) is 2.11. The molecule has 0 aliphatic rings. The normalized spacial score (nSPS) is 12.0. The van der Waals surface area contributed by atoms with Gasteiger partial charge < -0.3 is 4.98 Å². The van der Waals surface area contributed by atoms with Crippen molar-refractivity contribution in [2.24, 2.45) is 0 Å². The number of hydrogen-bond donors (Lipinski definition) is 3. The topological polar surface area (TPSA) is 91.1 Å². The highest BCUT2D eigenvalue weighted by atomic mass is 32.2. The van der Waals surface area contributed by atoms with Crippen LogP contribution in [0.2, 0.25) is 0 Å². The summed E-state index contributed by atoms with van der Waals surface area (Å²) in [7, 11) is -3.58. The molecular formula is C15H21N3O3S. The summed E-state index contributed by atoms with van der Waals surface area (Å²) < 4.78 is 28.2. The summed E-state index contributed by atoms with van der Waals surface area (Å²) in [5, 5.41) is 0.887. The second-order valence-corrected chi connectivity index (χ2v) is 6.95. The number of aromatic nitrogens is 1. The van der Waals surface area contributed by atoms with E-state index in [1.165, 1.54) is 0 Å². The number of fused-ring (bicyclic) bond motifs is 1. The van der Waals surface area contributed by atoms with Gasteiger partial charge in [0.25, 0.3) is 15.8 Å². The molecule has 0 bridgehead atoms. The van der Waals surface area contributed by atoms with Gasteiger partial charge in [-0.15, -0.1) is 0 Å². The minimum atomic E-state index is -3.58. The first-order chi connectivity index (χ1) is 10.3. The molecule has 1 heterocycles. The van der Waals surface area contributed by atoms with E-state index in [1.807, 2.05) is 32.9 Å². The highest BCUT2D eigenvalue weighted by Crippen LogP contribution is 2.17. The van der Waals surface area contributed by atoms with E-state index in [0.29, 0.717) is 18.5 Å². The molecule has 3 N–H and O–H groups in total. The van der Waals surface area contributed by atoms with Crippen LogP contribution in [0, 0.1) is 13.8 Å². The first kappa shape index (κ1) is 16.7. The Labute approximate surface area is 130 Å². The van der Waals surface area contributed by atoms with E-state index >= 15 is 0 Å². The Bertz CT molecular complexity index is 841. The van der Waals surface area contributed by atoms with Crippen LogP contribution in [0.3, 0.4) is 0 Å². The Hall–Kier alpha value is -1.70. The van der Waals surface area contributed by atoms with Gasteiger partial charge in [0.1, 0.15) is 0 Å². The molecule has 1 aromatic heterocycles. The van der Waals surface area contributed by atoms with Crippen LogP contribution in [0.5, 0.6) is 0 Å². The zero-order valence-electron chi connectivity index (χ0n) is 13.0. The van der Waals surface area contributed by atoms with Crippen LogP contribution in [-0.4, -0.2) is 19.9 Å². The van der Waals surface area contributed by atoms with Gasteiger partial charge in [-0.3, -0.25) is 4.79 Å². The number of H-pyrrole nitrogens is 1. The third kappa shape index (κ3) is 3.94. The molecule has 120 valence electrons. The van der Waals surface area contributed by atoms with Crippen LogP contribution in [0.1, 0.15) is 30.0 Å². The average molecular weight is 323 g/mol. The maximum absolute atomic E-state index is 12.0. The molecule has 0 saturated heterocycles. The fourth-order valence-corrected chi connectivity index (χ4v) is 3.03. The summed E-state index contributed by atoms with van der Waals surface area (Å²) in [5.74, 6) is 0. The molecule has 0 fully saturated rings. The van der Waals surface area contributed by atoms with Crippen molar-refractivity contribution in [1.29, 1.82) is 0 Å². The molecular weight excluding hydrogens is 302 g/mol. The van der Waals surface area contributed by atoms with E-state index in [4.69, 9.17) is 0 Å². The van der Waals surface area contributed by atoms with Crippen molar-refractivity contribution in [2.75, 3.05) is 6.54 Å². The summed E-state index contributed by atoms with van der Waals surface area (Å²) >= 11 is 0. The molecule has 0 aliphatic heterocycles. The average Bonchev–Trinajstić information content (AvgIpc) is 2.45. The van der Waals surface area contributed by atoms with Gasteiger partial charge in [-0.2, -0.15) is 13.1 Å². The van der Waals surface area contributed by atoms with Crippen molar-refractivity contribution >= 4 is 21.1 Å². The van der Waals surface area contributed by atoms with Gasteiger partial charge in [-0.25, -0.2) is 4.72 Å². The first-order valence-electron chi connectivity index (χ1n) is 7.20. The SMILES string of the molecule is CCCNS(=O)(=O)NCc1cc2cc(C)c(C)cc2[nH]c1=O. The number of rotatable bonds is 6. The van der Waals surface area contributed by atoms with Gasteiger partial charge >= 0.3 is 0 Å². The third-order valence-corrected chi connectivity index (χ3v) is 4.64. The summed E-state index contributed by atoms with van der Waals surface area (Å²) in [4.78, 5) is 14.8. The highest BCUT2D eigenvalue weighted by Gasteiger charge is 2.10. The standard InChI is InChI=1S/C15H21N3O3S/c1-4-5-16-22(20,21)17-9-13-8-12-6-10(2)11(3)7-14(12)18-15(13)19/h6-8,16-17H,4-5,9H2,1-3H3,(H,18,19). The second kappa shape index (κ2) is 6.60. The minimum Gasteiger partial charge on any atom is -0.322 e. The summed E-state index contributed by atoms with van der Waals surface area (Å²) in [6, 6.07) is 5.62. The van der Waals surface area contributed by atoms with Crippen LogP contribution in [0.4, 0.5) is 0 Å². The Morgan fingerprint density at radius 2 is 1.77 bits per heavy atom. The van der Waals surface area contributed by atoms with E-state index < -0.39 is 10.2 Å². The lowest BCUT2D eigenvalue weighted by atomic mass is 10.1. The van der Waals surface area contributed by atoms with Gasteiger partial charge in [0.05, 0.1) is 0 Å². The number of aryl methyl sites for hydroxylation is 2. The quantitative estimate of drug-likeness (QED) is 0.752. The van der Waals surface area contributed by atoms with Gasteiger partial charge in [0, 0.05) is 24.2 Å². The third-order valence-electron chi connectivity index (χ3n) is 3.53. The highest BCUT2D eigenvalue weighted by molar-refractivity contribution is 7.87. The molecule has 2 rings (SSSR count). The maximum Gasteiger partial charge on any atom is 0.277 e. The van der Waals surface area contributed by atoms with Crippen LogP contribution in [0.25, 0.3) is 10.9 Å². The molecule has 2 aromatic rings. The lowest BCUT2D eigenvalue weighted by Gasteiger charge is -2.09. The summed E-state index contributed by atoms with van der Waals surface area (Å²) in [6.45, 7) is 6.17. The number of pyridine rings is 1. The number of benzene rings is 1. The molecule has 0 aliphatic carbocycles. The number of hydrogen-bond acceptors (Lipinski definition) is 3. The van der Waals surface area contributed by atoms with E-state index in [9.17, 15) is 13.2 Å². The summed E-state index contributed by atoms with van der Waals surface area (Å²) in [6.07, 6.45) is 0.704. The largest absolute Gasteiger partial charge is 0.322 e. The monoisotopic (exact) mass is 323 g/mol. The Morgan fingerprint density at radius 3 is 2.45 bits per heavy atom. The predicted molar refractivity (Wildman–Crippen MR) is 88.1 cm³/mol. The lowest BCUT2D eigenvalue weighted by Crippen LogP contribution is -2.37. The van der Waals surface area contributed by atoms with E-state index in [-0.39, 0.29) is 12.1 Å². The zero-order chi connectivity index (χ0) is 16.3. The summed E-state index contributed by atoms with van der Waals surface area (Å²) in [5.41, 5.74) is 3.08. The van der Waals surface area contributed by atoms with Crippen molar-refractivity contribution in [1.82, 2.24) is 14.4 Å². The van der Waals surface area contributed by atoms with Crippen LogP contribution in [0.15, 0.2) is 23.0 Å². The van der Waals surface area contributed by atoms with Crippen LogP contribution < -0.4 is 15.0 Å². The molecule has 7 heteroatoms. The van der Waals surface area contributed by atoms with Gasteiger partial charge in [0.15, 0.2) is 0 Å². The number of nitrogens with one attached hydrogen (secondary N) is 3. The Kier molecular flexibility index (Phi) is 5.00. The van der Waals surface area contributed by atoms with Gasteiger partial charge in [-0.1, -0.05) is 6.92 Å². The minimum absolute atomic E-state index is 0.0444. The van der Waals surface area contributed by atoms with E-state index in [0.717, 1.165) is 22.0 Å². The van der Waals surface area contributed by atoms with Crippen molar-refractivity contribution in [2.45, 2.75) is 33.7 Å². The molecule has 0 atom stereocenters. The van der Waals surface area contributed by atoms with Gasteiger partial charge in [0.2, 0.25) is 0 Å². The molecule has 0 radical (unpaired) electrons.